The highest BCUT2D eigenvalue weighted by Gasteiger charge is 2.11. The summed E-state index contributed by atoms with van der Waals surface area (Å²) in [4.78, 5) is 21.3. The van der Waals surface area contributed by atoms with E-state index < -0.39 is 5.97 Å². The topological polar surface area (TPSA) is 66.4 Å². The fourth-order valence-corrected chi connectivity index (χ4v) is 0.852. The van der Waals surface area contributed by atoms with E-state index >= 15 is 0 Å². The lowest BCUT2D eigenvalue weighted by atomic mass is 9.97. The van der Waals surface area contributed by atoms with E-state index in [4.69, 9.17) is 5.11 Å². The minimum absolute atomic E-state index is 0.0585. The maximum Gasteiger partial charge on any atom is 0.303 e. The van der Waals surface area contributed by atoms with E-state index in [2.05, 4.69) is 5.32 Å². The van der Waals surface area contributed by atoms with E-state index in [0.29, 0.717) is 19.4 Å². The normalized spacial score (nSPS) is 11.1. The van der Waals surface area contributed by atoms with Crippen molar-refractivity contribution in [1.29, 1.82) is 0 Å². The number of carboxylic acid groups (broad SMARTS) is 1. The number of rotatable bonds is 5. The second-order valence-corrected chi connectivity index (χ2v) is 4.58. The lowest BCUT2D eigenvalue weighted by molar-refractivity contribution is -0.137. The number of hydrogen-bond acceptors (Lipinski definition) is 2. The summed E-state index contributed by atoms with van der Waals surface area (Å²) in [5.74, 6) is -0.921. The van der Waals surface area contributed by atoms with Crippen LogP contribution in [0.1, 0.15) is 40.0 Å². The number of nitrogens with one attached hydrogen (secondary N) is 1. The lowest BCUT2D eigenvalue weighted by Crippen LogP contribution is -2.32. The zero-order valence-electron chi connectivity index (χ0n) is 9.09. The van der Waals surface area contributed by atoms with Crippen molar-refractivity contribution >= 4 is 11.9 Å². The molecule has 0 heterocycles. The second-order valence-electron chi connectivity index (χ2n) is 4.58. The molecular weight excluding hydrogens is 182 g/mol. The van der Waals surface area contributed by atoms with Gasteiger partial charge in [0.1, 0.15) is 0 Å². The Hall–Kier alpha value is -1.06. The third-order valence-electron chi connectivity index (χ3n) is 1.61. The SMILES string of the molecule is CC(C)(C)CNC(=O)CCCC(=O)O. The summed E-state index contributed by atoms with van der Waals surface area (Å²) in [7, 11) is 0. The zero-order chi connectivity index (χ0) is 11.2. The molecule has 0 fully saturated rings. The monoisotopic (exact) mass is 201 g/mol. The summed E-state index contributed by atoms with van der Waals surface area (Å²) in [6, 6.07) is 0. The van der Waals surface area contributed by atoms with Crippen molar-refractivity contribution in [3.8, 4) is 0 Å². The molecule has 0 aliphatic rings. The molecule has 0 rings (SSSR count). The van der Waals surface area contributed by atoms with Gasteiger partial charge in [-0.2, -0.15) is 0 Å². The first-order valence-corrected chi connectivity index (χ1v) is 4.80. The van der Waals surface area contributed by atoms with Crippen LogP contribution in [0.4, 0.5) is 0 Å². The van der Waals surface area contributed by atoms with Gasteiger partial charge in [-0.05, 0) is 11.8 Å². The fraction of sp³-hybridized carbons (Fsp3) is 0.800. The van der Waals surface area contributed by atoms with Gasteiger partial charge in [0.05, 0.1) is 0 Å². The predicted molar refractivity (Wildman–Crippen MR) is 54.0 cm³/mol. The van der Waals surface area contributed by atoms with Crippen molar-refractivity contribution in [1.82, 2.24) is 5.32 Å². The largest absolute Gasteiger partial charge is 0.481 e. The molecule has 0 aromatic carbocycles. The van der Waals surface area contributed by atoms with Gasteiger partial charge in [-0.1, -0.05) is 20.8 Å². The molecule has 1 amide bonds. The van der Waals surface area contributed by atoms with E-state index in [1.165, 1.54) is 0 Å². The summed E-state index contributed by atoms with van der Waals surface area (Å²) in [6.07, 6.45) is 0.761. The van der Waals surface area contributed by atoms with Crippen LogP contribution in [-0.4, -0.2) is 23.5 Å². The summed E-state index contributed by atoms with van der Waals surface area (Å²) in [5, 5.41) is 11.1. The average Bonchev–Trinajstić information content (AvgIpc) is 1.99. The first kappa shape index (κ1) is 12.9. The minimum Gasteiger partial charge on any atom is -0.481 e. The highest BCUT2D eigenvalue weighted by molar-refractivity contribution is 5.76. The summed E-state index contributed by atoms with van der Waals surface area (Å²) < 4.78 is 0. The summed E-state index contributed by atoms with van der Waals surface area (Å²) >= 11 is 0. The number of carboxylic acids is 1. The average molecular weight is 201 g/mol. The van der Waals surface area contributed by atoms with Crippen molar-refractivity contribution in [3.05, 3.63) is 0 Å². The van der Waals surface area contributed by atoms with Crippen LogP contribution in [-0.2, 0) is 9.59 Å². The van der Waals surface area contributed by atoms with Crippen LogP contribution >= 0.6 is 0 Å². The Balaban J connectivity index is 3.52. The van der Waals surface area contributed by atoms with Crippen LogP contribution in [0.25, 0.3) is 0 Å². The Morgan fingerprint density at radius 2 is 1.79 bits per heavy atom. The van der Waals surface area contributed by atoms with Crippen LogP contribution in [0.3, 0.4) is 0 Å². The van der Waals surface area contributed by atoms with Crippen LogP contribution in [0.5, 0.6) is 0 Å². The van der Waals surface area contributed by atoms with Gasteiger partial charge in [0.2, 0.25) is 5.91 Å². The van der Waals surface area contributed by atoms with Gasteiger partial charge >= 0.3 is 5.97 Å². The number of amides is 1. The molecular formula is C10H19NO3. The van der Waals surface area contributed by atoms with Gasteiger partial charge in [-0.25, -0.2) is 0 Å². The molecule has 4 heteroatoms. The molecule has 82 valence electrons. The highest BCUT2D eigenvalue weighted by atomic mass is 16.4. The molecule has 0 radical (unpaired) electrons. The van der Waals surface area contributed by atoms with Crippen LogP contribution in [0.15, 0.2) is 0 Å². The second kappa shape index (κ2) is 5.62. The minimum atomic E-state index is -0.853. The molecule has 0 saturated heterocycles. The zero-order valence-corrected chi connectivity index (χ0v) is 9.09. The number of carbonyl (C=O) groups is 2. The van der Waals surface area contributed by atoms with Gasteiger partial charge in [0, 0.05) is 19.4 Å². The quantitative estimate of drug-likeness (QED) is 0.706. The molecule has 0 unspecified atom stereocenters. The molecule has 14 heavy (non-hydrogen) atoms. The first-order chi connectivity index (χ1) is 6.31. The van der Waals surface area contributed by atoms with Crippen LogP contribution in [0, 0.1) is 5.41 Å². The molecule has 0 atom stereocenters. The molecule has 4 nitrogen and oxygen atoms in total. The molecule has 0 bridgehead atoms. The van der Waals surface area contributed by atoms with Gasteiger partial charge in [0.25, 0.3) is 0 Å². The van der Waals surface area contributed by atoms with Gasteiger partial charge in [-0.15, -0.1) is 0 Å². The fourth-order valence-electron chi connectivity index (χ4n) is 0.852. The molecule has 0 saturated carbocycles. The lowest BCUT2D eigenvalue weighted by Gasteiger charge is -2.18. The molecule has 0 aliphatic heterocycles. The molecule has 0 aliphatic carbocycles. The van der Waals surface area contributed by atoms with E-state index in [9.17, 15) is 9.59 Å². The van der Waals surface area contributed by atoms with Gasteiger partial charge < -0.3 is 10.4 Å². The smallest absolute Gasteiger partial charge is 0.303 e. The first-order valence-electron chi connectivity index (χ1n) is 4.80. The Labute approximate surface area is 84.7 Å². The van der Waals surface area contributed by atoms with Gasteiger partial charge in [0.15, 0.2) is 0 Å². The number of carbonyl (C=O) groups excluding carboxylic acids is 1. The van der Waals surface area contributed by atoms with Crippen LogP contribution < -0.4 is 5.32 Å². The van der Waals surface area contributed by atoms with E-state index in [1.54, 1.807) is 0 Å². The van der Waals surface area contributed by atoms with E-state index in [0.717, 1.165) is 0 Å². The van der Waals surface area contributed by atoms with E-state index in [-0.39, 0.29) is 17.7 Å². The van der Waals surface area contributed by atoms with Crippen molar-refractivity contribution in [2.75, 3.05) is 6.54 Å². The maximum atomic E-state index is 11.2. The summed E-state index contributed by atoms with van der Waals surface area (Å²) in [5.41, 5.74) is 0.0719. The standard InChI is InChI=1S/C10H19NO3/c1-10(2,3)7-11-8(12)5-4-6-9(13)14/h4-7H2,1-3H3,(H,11,12)(H,13,14). The number of hydrogen-bond donors (Lipinski definition) is 2. The highest BCUT2D eigenvalue weighted by Crippen LogP contribution is 2.10. The molecule has 2 N–H and O–H groups in total. The Kier molecular flexibility index (Phi) is 5.20. The van der Waals surface area contributed by atoms with Crippen molar-refractivity contribution < 1.29 is 14.7 Å². The summed E-state index contributed by atoms with van der Waals surface area (Å²) in [6.45, 7) is 6.72. The Morgan fingerprint density at radius 3 is 2.21 bits per heavy atom. The Morgan fingerprint density at radius 1 is 1.21 bits per heavy atom. The predicted octanol–water partition coefficient (Wildman–Crippen LogP) is 1.40. The van der Waals surface area contributed by atoms with Crippen molar-refractivity contribution in [2.24, 2.45) is 5.41 Å². The van der Waals surface area contributed by atoms with Gasteiger partial charge in [-0.3, -0.25) is 9.59 Å². The third-order valence-corrected chi connectivity index (χ3v) is 1.61. The maximum absolute atomic E-state index is 11.2. The molecule has 0 aromatic rings. The molecule has 0 spiro atoms. The number of aliphatic carboxylic acids is 1. The molecule has 0 aromatic heterocycles. The van der Waals surface area contributed by atoms with Crippen molar-refractivity contribution in [2.45, 2.75) is 40.0 Å². The van der Waals surface area contributed by atoms with E-state index in [1.807, 2.05) is 20.8 Å². The van der Waals surface area contributed by atoms with Crippen LogP contribution in [0.2, 0.25) is 0 Å². The Bertz CT molecular complexity index is 206. The van der Waals surface area contributed by atoms with Crippen molar-refractivity contribution in [3.63, 3.8) is 0 Å². The third kappa shape index (κ3) is 9.03.